The van der Waals surface area contributed by atoms with Gasteiger partial charge in [-0.3, -0.25) is 0 Å². The Bertz CT molecular complexity index is 747. The van der Waals surface area contributed by atoms with E-state index in [2.05, 4.69) is 0 Å². The number of hydrogen-bond donors (Lipinski definition) is 0. The first kappa shape index (κ1) is 26.7. The van der Waals surface area contributed by atoms with Crippen molar-refractivity contribution in [1.29, 1.82) is 0 Å². The monoisotopic (exact) mass is 482 g/mol. The Hall–Kier alpha value is -1.26. The summed E-state index contributed by atoms with van der Waals surface area (Å²) in [5.74, 6) is 0. The average Bonchev–Trinajstić information content (AvgIpc) is 2.71. The van der Waals surface area contributed by atoms with E-state index in [1.807, 2.05) is 0 Å². The van der Waals surface area contributed by atoms with Gasteiger partial charge in [-0.1, -0.05) is 91.0 Å². The molecule has 0 fully saturated rings. The van der Waals surface area contributed by atoms with E-state index in [1.54, 1.807) is 91.0 Å². The molecule has 3 aromatic rings. The van der Waals surface area contributed by atoms with E-state index < -0.39 is 24.1 Å². The van der Waals surface area contributed by atoms with Gasteiger partial charge < -0.3 is 28.4 Å². The van der Waals surface area contributed by atoms with Gasteiger partial charge in [0.2, 0.25) is 0 Å². The normalized spacial score (nSPS) is 12.5. The molecule has 0 saturated carbocycles. The molecule has 28 heavy (non-hydrogen) atoms. The minimum Gasteiger partial charge on any atom is -0.798 e. The molecule has 0 aliphatic rings. The maximum atomic E-state index is 10.3. The Morgan fingerprint density at radius 1 is 0.429 bits per heavy atom. The molecule has 150 valence electrons. The van der Waals surface area contributed by atoms with Gasteiger partial charge in [0.25, 0.3) is 0 Å². The van der Waals surface area contributed by atoms with E-state index in [1.165, 1.54) is 0 Å². The van der Waals surface area contributed by atoms with Crippen LogP contribution in [0, 0.1) is 0 Å². The molecule has 6 nitrogen and oxygen atoms in total. The maximum absolute atomic E-state index is 10.3. The van der Waals surface area contributed by atoms with Gasteiger partial charge in [-0.05, 0) is 15.9 Å². The molecule has 0 radical (unpaired) electrons. The van der Waals surface area contributed by atoms with Gasteiger partial charge in [0.15, 0.2) is 0 Å². The van der Waals surface area contributed by atoms with E-state index >= 15 is 0 Å². The van der Waals surface area contributed by atoms with Crippen molar-refractivity contribution < 1.29 is 45.2 Å². The Labute approximate surface area is 176 Å². The summed E-state index contributed by atoms with van der Waals surface area (Å²) < 4.78 is 30.8. The van der Waals surface area contributed by atoms with Crippen LogP contribution in [0.4, 0.5) is 0 Å². The van der Waals surface area contributed by atoms with E-state index in [0.29, 0.717) is 15.9 Å². The van der Waals surface area contributed by atoms with Crippen LogP contribution >= 0.6 is 24.1 Å². The molecule has 3 unspecified atom stereocenters. The van der Waals surface area contributed by atoms with Crippen molar-refractivity contribution in [3.63, 3.8) is 0 Å². The molecule has 0 heterocycles. The van der Waals surface area contributed by atoms with E-state index in [-0.39, 0.29) is 16.8 Å². The zero-order valence-corrected chi connectivity index (χ0v) is 18.5. The first-order valence-corrected chi connectivity index (χ1v) is 11.7. The van der Waals surface area contributed by atoms with Crippen molar-refractivity contribution >= 4 is 40.0 Å². The Balaban J connectivity index is 0.000000384. The third-order valence-electron chi connectivity index (χ3n) is 3.03. The van der Waals surface area contributed by atoms with Crippen LogP contribution in [0.1, 0.15) is 0 Å². The minimum atomic E-state index is -2.71. The van der Waals surface area contributed by atoms with E-state index in [9.17, 15) is 28.4 Å². The summed E-state index contributed by atoms with van der Waals surface area (Å²) in [6.07, 6.45) is 0. The molecule has 0 bridgehead atoms. The summed E-state index contributed by atoms with van der Waals surface area (Å²) in [4.78, 5) is 30.8. The third-order valence-corrected chi connectivity index (χ3v) is 5.44. The van der Waals surface area contributed by atoms with Crippen LogP contribution in [-0.4, -0.2) is 0 Å². The standard InChI is InChI=1S/3C6H7O2P.Co/c3*7-9(8)6-4-2-1-3-5-6;/h3*1-5,9H,(H,7,8);/q;;;+3/p-3. The van der Waals surface area contributed by atoms with Crippen molar-refractivity contribution in [2.45, 2.75) is 0 Å². The van der Waals surface area contributed by atoms with Crippen LogP contribution in [0.25, 0.3) is 0 Å². The van der Waals surface area contributed by atoms with E-state index in [0.717, 1.165) is 0 Å². The number of rotatable bonds is 3. The van der Waals surface area contributed by atoms with Gasteiger partial charge in [-0.15, -0.1) is 0 Å². The van der Waals surface area contributed by atoms with Crippen LogP contribution in [0.2, 0.25) is 0 Å². The predicted octanol–water partition coefficient (Wildman–Crippen LogP) is 0.438. The molecule has 0 aromatic heterocycles. The predicted molar refractivity (Wildman–Crippen MR) is 105 cm³/mol. The fraction of sp³-hybridized carbons (Fsp3) is 0. The van der Waals surface area contributed by atoms with Gasteiger partial charge in [0.1, 0.15) is 0 Å². The topological polar surface area (TPSA) is 120 Å². The van der Waals surface area contributed by atoms with Crippen LogP contribution in [-0.2, 0) is 30.5 Å². The zero-order valence-electron chi connectivity index (χ0n) is 14.4. The van der Waals surface area contributed by atoms with Crippen molar-refractivity contribution in [3.8, 4) is 0 Å². The Morgan fingerprint density at radius 3 is 0.714 bits per heavy atom. The third kappa shape index (κ3) is 11.6. The van der Waals surface area contributed by atoms with Crippen molar-refractivity contribution in [3.05, 3.63) is 91.0 Å². The van der Waals surface area contributed by atoms with Gasteiger partial charge in [-0.2, -0.15) is 0 Å². The molecule has 0 saturated heterocycles. The van der Waals surface area contributed by atoms with Crippen molar-refractivity contribution in [2.24, 2.45) is 0 Å². The molecular weight excluding hydrogens is 464 g/mol. The molecule has 3 atom stereocenters. The van der Waals surface area contributed by atoms with Gasteiger partial charge in [0.05, 0.1) is 0 Å². The Kier molecular flexibility index (Phi) is 14.9. The van der Waals surface area contributed by atoms with Crippen molar-refractivity contribution in [2.75, 3.05) is 0 Å². The maximum Gasteiger partial charge on any atom is 3.00 e. The summed E-state index contributed by atoms with van der Waals surface area (Å²) in [6, 6.07) is 25.0. The molecule has 3 aromatic carbocycles. The first-order valence-electron chi connectivity index (χ1n) is 7.71. The SMILES string of the molecule is O=[PH]([O-])c1ccccc1.O=[PH]([O-])c1ccccc1.O=[PH]([O-])c1ccccc1.[Co+3]. The molecular formula is C18H18CoO6P3. The summed E-state index contributed by atoms with van der Waals surface area (Å²) >= 11 is 0. The smallest absolute Gasteiger partial charge is 0.798 e. The summed E-state index contributed by atoms with van der Waals surface area (Å²) in [5, 5.41) is 1.22. The van der Waals surface area contributed by atoms with Crippen molar-refractivity contribution in [1.82, 2.24) is 0 Å². The second-order valence-electron chi connectivity index (χ2n) is 4.96. The van der Waals surface area contributed by atoms with Crippen LogP contribution in [0.5, 0.6) is 0 Å². The van der Waals surface area contributed by atoms with Crippen LogP contribution in [0.15, 0.2) is 91.0 Å². The molecule has 3 rings (SSSR count). The second kappa shape index (κ2) is 15.6. The Morgan fingerprint density at radius 2 is 0.607 bits per heavy atom. The summed E-state index contributed by atoms with van der Waals surface area (Å²) in [6.45, 7) is 0. The quantitative estimate of drug-likeness (QED) is 0.500. The number of benzene rings is 3. The second-order valence-corrected chi connectivity index (χ2v) is 8.42. The van der Waals surface area contributed by atoms with Crippen LogP contribution in [0.3, 0.4) is 0 Å². The zero-order chi connectivity index (χ0) is 20.1. The van der Waals surface area contributed by atoms with Gasteiger partial charge in [0, 0.05) is 24.1 Å². The first-order chi connectivity index (χ1) is 12.9. The number of hydrogen-bond acceptors (Lipinski definition) is 6. The molecule has 0 spiro atoms. The summed E-state index contributed by atoms with van der Waals surface area (Å²) in [7, 11) is -8.14. The summed E-state index contributed by atoms with van der Waals surface area (Å²) in [5.41, 5.74) is 0. The molecule has 0 aliphatic heterocycles. The minimum absolute atomic E-state index is 0. The van der Waals surface area contributed by atoms with Crippen LogP contribution < -0.4 is 30.6 Å². The molecule has 0 aliphatic carbocycles. The average molecular weight is 482 g/mol. The van der Waals surface area contributed by atoms with Gasteiger partial charge >= 0.3 is 16.8 Å². The molecule has 0 amide bonds. The van der Waals surface area contributed by atoms with Gasteiger partial charge in [-0.25, -0.2) is 0 Å². The largest absolute Gasteiger partial charge is 3.00 e. The molecule has 0 N–H and O–H groups in total. The fourth-order valence-electron chi connectivity index (χ4n) is 1.72. The molecule has 10 heteroatoms. The van der Waals surface area contributed by atoms with E-state index in [4.69, 9.17) is 0 Å². The fourth-order valence-corrected chi connectivity index (χ4v) is 3.12.